The topological polar surface area (TPSA) is 71.1 Å². The second-order valence-electron chi connectivity index (χ2n) is 12.0. The van der Waals surface area contributed by atoms with Crippen molar-refractivity contribution in [2.45, 2.75) is 108 Å². The van der Waals surface area contributed by atoms with Crippen LogP contribution in [0.1, 0.15) is 89.5 Å². The third-order valence-electron chi connectivity index (χ3n) is 9.32. The van der Waals surface area contributed by atoms with Crippen molar-refractivity contribution in [2.75, 3.05) is 32.8 Å². The summed E-state index contributed by atoms with van der Waals surface area (Å²) >= 11 is 0. The van der Waals surface area contributed by atoms with E-state index in [0.717, 1.165) is 70.7 Å². The number of hydrogen-bond donors (Lipinski definition) is 1. The van der Waals surface area contributed by atoms with Crippen LogP contribution in [-0.4, -0.2) is 72.1 Å². The lowest BCUT2D eigenvalue weighted by atomic mass is 9.79. The smallest absolute Gasteiger partial charge is 0.246 e. The monoisotopic (exact) mass is 561 g/mol. The molecule has 2 amide bonds. The van der Waals surface area contributed by atoms with E-state index in [0.29, 0.717) is 25.3 Å². The molecule has 4 aliphatic rings. The van der Waals surface area contributed by atoms with Crippen LogP contribution in [0.25, 0.3) is 0 Å². The number of amides is 2. The number of benzene rings is 1. The molecular weight excluding hydrogens is 514 g/mol. The summed E-state index contributed by atoms with van der Waals surface area (Å²) in [6.07, 6.45) is 12.5. The van der Waals surface area contributed by atoms with Crippen molar-refractivity contribution in [3.8, 4) is 5.75 Å². The molecule has 1 aromatic carbocycles. The summed E-state index contributed by atoms with van der Waals surface area (Å²) < 4.78 is 11.5. The van der Waals surface area contributed by atoms with E-state index in [4.69, 9.17) is 9.47 Å². The Balaban J connectivity index is 0.00000353. The molecule has 8 heteroatoms. The molecule has 3 aliphatic heterocycles. The highest BCUT2D eigenvalue weighted by atomic mass is 35.5. The number of piperidine rings is 1. The van der Waals surface area contributed by atoms with E-state index < -0.39 is 5.54 Å². The molecule has 0 bridgehead atoms. The van der Waals surface area contributed by atoms with Crippen LogP contribution in [0.5, 0.6) is 5.75 Å². The number of halogens is 1. The van der Waals surface area contributed by atoms with Gasteiger partial charge in [-0.15, -0.1) is 12.4 Å². The molecule has 0 aromatic heterocycles. The molecule has 0 radical (unpaired) electrons. The largest absolute Gasteiger partial charge is 0.490 e. The van der Waals surface area contributed by atoms with Crippen LogP contribution in [0.4, 0.5) is 0 Å². The normalized spacial score (nSPS) is 24.8. The number of piperazine rings is 1. The molecule has 4 fully saturated rings. The minimum Gasteiger partial charge on any atom is -0.490 e. The van der Waals surface area contributed by atoms with Crippen LogP contribution in [-0.2, 0) is 20.9 Å². The Kier molecular flexibility index (Phi) is 11.0. The molecule has 1 N–H and O–H groups in total. The molecule has 1 aromatic rings. The summed E-state index contributed by atoms with van der Waals surface area (Å²) in [6, 6.07) is 8.11. The third-order valence-corrected chi connectivity index (χ3v) is 9.32. The number of nitrogens with zero attached hydrogens (tertiary/aromatic N) is 2. The van der Waals surface area contributed by atoms with Gasteiger partial charge in [0.05, 0.1) is 13.2 Å². The quantitative estimate of drug-likeness (QED) is 0.454. The summed E-state index contributed by atoms with van der Waals surface area (Å²) in [4.78, 5) is 31.8. The minimum atomic E-state index is -0.687. The molecule has 1 spiro atoms. The van der Waals surface area contributed by atoms with E-state index in [-0.39, 0.29) is 36.4 Å². The Morgan fingerprint density at radius 2 is 1.69 bits per heavy atom. The maximum atomic E-state index is 13.8. The Hall–Kier alpha value is -1.83. The zero-order chi connectivity index (χ0) is 26.4. The first-order chi connectivity index (χ1) is 18.6. The van der Waals surface area contributed by atoms with Crippen molar-refractivity contribution in [1.82, 2.24) is 15.1 Å². The SMILES string of the molecule is CCCCN1C(=O)[C@H](CC2CCCCC2)NC(=O)C12CCN(Cc1ccc(OC3CCOCC3)cc1)CC2.Cl. The number of nitrogens with one attached hydrogen (secondary N) is 1. The molecular formula is C31H48ClN3O4. The van der Waals surface area contributed by atoms with Crippen LogP contribution in [0.2, 0.25) is 0 Å². The van der Waals surface area contributed by atoms with Gasteiger partial charge in [0.2, 0.25) is 11.8 Å². The first-order valence-electron chi connectivity index (χ1n) is 15.3. The Labute approximate surface area is 240 Å². The maximum Gasteiger partial charge on any atom is 0.246 e. The second-order valence-corrected chi connectivity index (χ2v) is 12.0. The lowest BCUT2D eigenvalue weighted by molar-refractivity contribution is -0.162. The van der Waals surface area contributed by atoms with Gasteiger partial charge in [0.1, 0.15) is 23.4 Å². The highest BCUT2D eigenvalue weighted by Gasteiger charge is 2.53. The molecule has 5 rings (SSSR count). The van der Waals surface area contributed by atoms with Gasteiger partial charge in [-0.1, -0.05) is 57.6 Å². The predicted octanol–water partition coefficient (Wildman–Crippen LogP) is 5.10. The van der Waals surface area contributed by atoms with Crippen LogP contribution in [0.3, 0.4) is 0 Å². The Morgan fingerprint density at radius 3 is 2.36 bits per heavy atom. The summed E-state index contributed by atoms with van der Waals surface area (Å²) in [5.74, 6) is 1.74. The number of likely N-dealkylation sites (tertiary alicyclic amines) is 1. The average Bonchev–Trinajstić information content (AvgIpc) is 2.95. The van der Waals surface area contributed by atoms with Crippen molar-refractivity contribution in [1.29, 1.82) is 0 Å². The highest BCUT2D eigenvalue weighted by molar-refractivity contribution is 6.00. The first-order valence-corrected chi connectivity index (χ1v) is 15.3. The molecule has 1 saturated carbocycles. The van der Waals surface area contributed by atoms with Gasteiger partial charge in [0.25, 0.3) is 0 Å². The van der Waals surface area contributed by atoms with Crippen molar-refractivity contribution in [3.63, 3.8) is 0 Å². The first kappa shape index (κ1) is 30.1. The number of carbonyl (C=O) groups excluding carboxylic acids is 2. The molecule has 7 nitrogen and oxygen atoms in total. The van der Waals surface area contributed by atoms with Gasteiger partial charge in [-0.05, 0) is 49.3 Å². The number of rotatable bonds is 9. The number of unbranched alkanes of at least 4 members (excludes halogenated alkanes) is 1. The van der Waals surface area contributed by atoms with E-state index in [1.54, 1.807) is 0 Å². The predicted molar refractivity (Wildman–Crippen MR) is 155 cm³/mol. The second kappa shape index (κ2) is 14.2. The van der Waals surface area contributed by atoms with Crippen molar-refractivity contribution < 1.29 is 19.1 Å². The number of carbonyl (C=O) groups is 2. The minimum absolute atomic E-state index is 0. The fourth-order valence-corrected chi connectivity index (χ4v) is 6.93. The van der Waals surface area contributed by atoms with Crippen LogP contribution in [0.15, 0.2) is 24.3 Å². The molecule has 218 valence electrons. The number of ether oxygens (including phenoxy) is 2. The molecule has 3 heterocycles. The van der Waals surface area contributed by atoms with Crippen LogP contribution < -0.4 is 10.1 Å². The van der Waals surface area contributed by atoms with Gasteiger partial charge < -0.3 is 19.7 Å². The van der Waals surface area contributed by atoms with Gasteiger partial charge in [0, 0.05) is 39.0 Å². The van der Waals surface area contributed by atoms with Gasteiger partial charge >= 0.3 is 0 Å². The van der Waals surface area contributed by atoms with E-state index in [2.05, 4.69) is 41.4 Å². The summed E-state index contributed by atoms with van der Waals surface area (Å²) in [5.41, 5.74) is 0.563. The highest BCUT2D eigenvalue weighted by Crippen LogP contribution is 2.36. The molecule has 3 saturated heterocycles. The molecule has 0 unspecified atom stereocenters. The molecule has 39 heavy (non-hydrogen) atoms. The van der Waals surface area contributed by atoms with Crippen molar-refractivity contribution >= 4 is 24.2 Å². The van der Waals surface area contributed by atoms with Crippen LogP contribution in [0, 0.1) is 5.92 Å². The molecule has 1 atom stereocenters. The van der Waals surface area contributed by atoms with Crippen molar-refractivity contribution in [3.05, 3.63) is 29.8 Å². The lowest BCUT2D eigenvalue weighted by Crippen LogP contribution is -2.73. The average molecular weight is 562 g/mol. The zero-order valence-corrected chi connectivity index (χ0v) is 24.5. The van der Waals surface area contributed by atoms with E-state index in [1.165, 1.54) is 37.7 Å². The maximum absolute atomic E-state index is 13.8. The standard InChI is InChI=1S/C31H47N3O4.ClH/c1-2-3-17-34-29(35)28(22-24-7-5-4-6-8-24)32-30(36)31(34)15-18-33(19-16-31)23-25-9-11-26(12-10-25)38-27-13-20-37-21-14-27;/h9-12,24,27-28H,2-8,13-23H2,1H3,(H,32,36);1H/t28-;/m0./s1. The van der Waals surface area contributed by atoms with Gasteiger partial charge in [-0.2, -0.15) is 0 Å². The van der Waals surface area contributed by atoms with E-state index in [9.17, 15) is 9.59 Å². The van der Waals surface area contributed by atoms with E-state index in [1.807, 2.05) is 4.90 Å². The van der Waals surface area contributed by atoms with Gasteiger partial charge in [-0.3, -0.25) is 14.5 Å². The summed E-state index contributed by atoms with van der Waals surface area (Å²) in [5, 5.41) is 3.21. The zero-order valence-electron chi connectivity index (χ0n) is 23.7. The summed E-state index contributed by atoms with van der Waals surface area (Å²) in [6.45, 7) is 6.89. The van der Waals surface area contributed by atoms with Crippen molar-refractivity contribution in [2.24, 2.45) is 5.92 Å². The fourth-order valence-electron chi connectivity index (χ4n) is 6.93. The van der Waals surface area contributed by atoms with Gasteiger partial charge in [-0.25, -0.2) is 0 Å². The van der Waals surface area contributed by atoms with Gasteiger partial charge in [0.15, 0.2) is 0 Å². The number of hydrogen-bond acceptors (Lipinski definition) is 5. The fraction of sp³-hybridized carbons (Fsp3) is 0.742. The Bertz CT molecular complexity index is 922. The Morgan fingerprint density at radius 1 is 1.00 bits per heavy atom. The van der Waals surface area contributed by atoms with E-state index >= 15 is 0 Å². The summed E-state index contributed by atoms with van der Waals surface area (Å²) in [7, 11) is 0. The van der Waals surface area contributed by atoms with Crippen LogP contribution >= 0.6 is 12.4 Å². The lowest BCUT2D eigenvalue weighted by Gasteiger charge is -2.52. The molecule has 1 aliphatic carbocycles. The third kappa shape index (κ3) is 7.28.